The lowest BCUT2D eigenvalue weighted by molar-refractivity contribution is 1.13. The normalized spacial score (nSPS) is 11.8. The Labute approximate surface area is 183 Å². The molecule has 5 aromatic heterocycles. The Kier molecular flexibility index (Phi) is 3.49. The summed E-state index contributed by atoms with van der Waals surface area (Å²) in [5, 5.41) is 3.44. The van der Waals surface area contributed by atoms with Crippen molar-refractivity contribution in [2.24, 2.45) is 0 Å². The highest BCUT2D eigenvalue weighted by molar-refractivity contribution is 6.22. The molecule has 5 nitrogen and oxygen atoms in total. The molecule has 0 bridgehead atoms. The highest BCUT2D eigenvalue weighted by atomic mass is 15.1. The van der Waals surface area contributed by atoms with Crippen molar-refractivity contribution in [3.05, 3.63) is 104 Å². The monoisotopic (exact) mass is 411 g/mol. The molecule has 0 aliphatic heterocycles. The summed E-state index contributed by atoms with van der Waals surface area (Å²) < 4.78 is 4.63. The van der Waals surface area contributed by atoms with Crippen molar-refractivity contribution < 1.29 is 0 Å². The first kappa shape index (κ1) is 17.2. The van der Waals surface area contributed by atoms with E-state index < -0.39 is 0 Å². The first-order valence-electron chi connectivity index (χ1n) is 10.5. The van der Waals surface area contributed by atoms with Gasteiger partial charge < -0.3 is 9.13 Å². The smallest absolute Gasteiger partial charge is 0.0985 e. The Bertz CT molecular complexity index is 1630. The van der Waals surface area contributed by atoms with Crippen LogP contribution in [0.4, 0.5) is 0 Å². The van der Waals surface area contributed by atoms with Crippen molar-refractivity contribution in [3.8, 4) is 11.4 Å². The lowest BCUT2D eigenvalue weighted by Gasteiger charge is -2.11. The van der Waals surface area contributed by atoms with Crippen LogP contribution in [0.2, 0.25) is 0 Å². The molecule has 0 amide bonds. The zero-order valence-electron chi connectivity index (χ0n) is 17.1. The van der Waals surface area contributed by atoms with Gasteiger partial charge in [-0.25, -0.2) is 0 Å². The van der Waals surface area contributed by atoms with E-state index in [0.717, 1.165) is 49.7 Å². The highest BCUT2D eigenvalue weighted by Crippen LogP contribution is 2.40. The molecule has 7 rings (SSSR count). The van der Waals surface area contributed by atoms with Gasteiger partial charge in [0.2, 0.25) is 0 Å². The van der Waals surface area contributed by atoms with Crippen LogP contribution >= 0.6 is 0 Å². The van der Waals surface area contributed by atoms with Crippen LogP contribution in [0.25, 0.3) is 55.1 Å². The number of fused-ring (bicyclic) bond motifs is 7. The van der Waals surface area contributed by atoms with E-state index in [1.54, 1.807) is 0 Å². The largest absolute Gasteiger partial charge is 0.307 e. The van der Waals surface area contributed by atoms with Gasteiger partial charge in [0.15, 0.2) is 0 Å². The van der Waals surface area contributed by atoms with Gasteiger partial charge in [-0.1, -0.05) is 36.4 Å². The van der Waals surface area contributed by atoms with E-state index in [-0.39, 0.29) is 0 Å². The van der Waals surface area contributed by atoms with E-state index in [2.05, 4.69) is 79.8 Å². The molecule has 0 N–H and O–H groups in total. The zero-order chi connectivity index (χ0) is 21.1. The third kappa shape index (κ3) is 2.25. The molecule has 2 aromatic carbocycles. The average molecular weight is 411 g/mol. The Morgan fingerprint density at radius 3 is 1.69 bits per heavy atom. The quantitative estimate of drug-likeness (QED) is 0.347. The van der Waals surface area contributed by atoms with Crippen LogP contribution in [-0.2, 0) is 0 Å². The number of hydrogen-bond acceptors (Lipinski definition) is 3. The summed E-state index contributed by atoms with van der Waals surface area (Å²) in [5.74, 6) is 0. The Balaban J connectivity index is 1.81. The molecular formula is C27H17N5. The van der Waals surface area contributed by atoms with Gasteiger partial charge in [0.1, 0.15) is 0 Å². The van der Waals surface area contributed by atoms with Crippen LogP contribution < -0.4 is 0 Å². The summed E-state index contributed by atoms with van der Waals surface area (Å²) in [6.07, 6.45) is 9.37. The number of nitrogens with zero attached hydrogens (tertiary/aromatic N) is 5. The molecule has 7 aromatic rings. The molecule has 0 radical (unpaired) electrons. The van der Waals surface area contributed by atoms with Crippen molar-refractivity contribution in [1.29, 1.82) is 0 Å². The molecule has 5 heterocycles. The summed E-state index contributed by atoms with van der Waals surface area (Å²) in [6, 6.07) is 25.2. The average Bonchev–Trinajstić information content (AvgIpc) is 3.38. The Morgan fingerprint density at radius 1 is 0.500 bits per heavy atom. The summed E-state index contributed by atoms with van der Waals surface area (Å²) >= 11 is 0. The fourth-order valence-corrected chi connectivity index (χ4v) is 4.85. The van der Waals surface area contributed by atoms with E-state index in [1.807, 2.05) is 43.1 Å². The van der Waals surface area contributed by atoms with Gasteiger partial charge in [-0.2, -0.15) is 0 Å². The summed E-state index contributed by atoms with van der Waals surface area (Å²) in [7, 11) is 0. The fourth-order valence-electron chi connectivity index (χ4n) is 4.85. The van der Waals surface area contributed by atoms with Gasteiger partial charge in [0.05, 0.1) is 27.6 Å². The number of pyridine rings is 3. The van der Waals surface area contributed by atoms with Gasteiger partial charge in [-0.05, 0) is 36.4 Å². The van der Waals surface area contributed by atoms with Crippen molar-refractivity contribution in [1.82, 2.24) is 24.1 Å². The summed E-state index contributed by atoms with van der Waals surface area (Å²) in [5.41, 5.74) is 7.62. The predicted molar refractivity (Wildman–Crippen MR) is 129 cm³/mol. The lowest BCUT2D eigenvalue weighted by atomic mass is 10.2. The molecule has 0 saturated heterocycles. The van der Waals surface area contributed by atoms with Gasteiger partial charge >= 0.3 is 0 Å². The number of benzene rings is 2. The third-order valence-electron chi connectivity index (χ3n) is 6.15. The molecule has 0 atom stereocenters. The highest BCUT2D eigenvalue weighted by Gasteiger charge is 2.21. The second-order valence-electron chi connectivity index (χ2n) is 7.83. The first-order chi connectivity index (χ1) is 15.9. The van der Waals surface area contributed by atoms with Gasteiger partial charge in [-0.3, -0.25) is 15.0 Å². The van der Waals surface area contributed by atoms with Gasteiger partial charge in [0, 0.05) is 58.5 Å². The van der Waals surface area contributed by atoms with Gasteiger partial charge in [-0.15, -0.1) is 0 Å². The summed E-state index contributed by atoms with van der Waals surface area (Å²) in [4.78, 5) is 13.5. The number of aromatic nitrogens is 5. The number of rotatable bonds is 2. The van der Waals surface area contributed by atoms with Crippen LogP contribution in [0, 0.1) is 0 Å². The van der Waals surface area contributed by atoms with E-state index >= 15 is 0 Å². The minimum Gasteiger partial charge on any atom is -0.307 e. The summed E-state index contributed by atoms with van der Waals surface area (Å²) in [6.45, 7) is 0. The lowest BCUT2D eigenvalue weighted by Crippen LogP contribution is -1.99. The van der Waals surface area contributed by atoms with Crippen molar-refractivity contribution >= 4 is 43.7 Å². The molecule has 0 saturated carbocycles. The van der Waals surface area contributed by atoms with Crippen LogP contribution in [0.1, 0.15) is 0 Å². The fraction of sp³-hybridized carbons (Fsp3) is 0. The number of para-hydroxylation sites is 2. The van der Waals surface area contributed by atoms with E-state index in [0.29, 0.717) is 0 Å². The van der Waals surface area contributed by atoms with Crippen LogP contribution in [0.15, 0.2) is 104 Å². The topological polar surface area (TPSA) is 48.5 Å². The van der Waals surface area contributed by atoms with Crippen molar-refractivity contribution in [3.63, 3.8) is 0 Å². The molecule has 0 aliphatic carbocycles. The maximum Gasteiger partial charge on any atom is 0.0985 e. The van der Waals surface area contributed by atoms with Crippen LogP contribution in [-0.4, -0.2) is 24.1 Å². The zero-order valence-corrected chi connectivity index (χ0v) is 17.1. The van der Waals surface area contributed by atoms with Gasteiger partial charge in [0.25, 0.3) is 0 Å². The van der Waals surface area contributed by atoms with E-state index in [9.17, 15) is 0 Å². The van der Waals surface area contributed by atoms with E-state index in [4.69, 9.17) is 4.98 Å². The van der Waals surface area contributed by atoms with Crippen LogP contribution in [0.3, 0.4) is 0 Å². The van der Waals surface area contributed by atoms with E-state index in [1.165, 1.54) is 5.39 Å². The maximum absolute atomic E-state index is 4.98. The van der Waals surface area contributed by atoms with Crippen molar-refractivity contribution in [2.45, 2.75) is 0 Å². The second kappa shape index (κ2) is 6.49. The minimum absolute atomic E-state index is 0.989. The molecule has 0 unspecified atom stereocenters. The predicted octanol–water partition coefficient (Wildman–Crippen LogP) is 6.07. The minimum atomic E-state index is 0.989. The molecule has 150 valence electrons. The van der Waals surface area contributed by atoms with Crippen molar-refractivity contribution in [2.75, 3.05) is 0 Å². The molecular weight excluding hydrogens is 394 g/mol. The standard InChI is InChI=1S/C27H17N5/c1-3-7-23-20(5-1)22-17-30-25-21-6-2-4-8-24(21)32(19-11-15-29-16-12-19)27(25)26(22)31(23)18-9-13-28-14-10-18/h1-17H. The maximum atomic E-state index is 4.98. The molecule has 0 aliphatic rings. The second-order valence-corrected chi connectivity index (χ2v) is 7.83. The first-order valence-corrected chi connectivity index (χ1v) is 10.5. The Morgan fingerprint density at radius 2 is 1.03 bits per heavy atom. The SMILES string of the molecule is c1ccc2c(c1)c1cnc3c4ccccc4n(-c4ccncc4)c3c1n2-c1ccncc1. The van der Waals surface area contributed by atoms with Crippen LogP contribution in [0.5, 0.6) is 0 Å². The Hall–Kier alpha value is -4.51. The molecule has 0 fully saturated rings. The third-order valence-corrected chi connectivity index (χ3v) is 6.15. The number of hydrogen-bond donors (Lipinski definition) is 0. The molecule has 0 spiro atoms. The molecule has 32 heavy (non-hydrogen) atoms. The molecule has 5 heteroatoms.